The van der Waals surface area contributed by atoms with Crippen molar-refractivity contribution in [2.24, 2.45) is 11.8 Å². The molecule has 0 unspecified atom stereocenters. The van der Waals surface area contributed by atoms with E-state index in [1.165, 1.54) is 0 Å². The summed E-state index contributed by atoms with van der Waals surface area (Å²) < 4.78 is 5.16. The number of aliphatic hydroxyl groups is 1. The molecule has 24 heavy (non-hydrogen) atoms. The summed E-state index contributed by atoms with van der Waals surface area (Å²) in [6.45, 7) is 0.104. The van der Waals surface area contributed by atoms with E-state index < -0.39 is 29.6 Å². The highest BCUT2D eigenvalue weighted by molar-refractivity contribution is 14.1. The lowest BCUT2D eigenvalue weighted by atomic mass is 9.58. The molecule has 6 nitrogen and oxygen atoms in total. The van der Waals surface area contributed by atoms with E-state index in [1.807, 2.05) is 30.3 Å². The molecule has 5 atom stereocenters. The van der Waals surface area contributed by atoms with Crippen molar-refractivity contribution in [2.45, 2.75) is 41.4 Å². The number of aliphatic carboxylic acids is 1. The minimum atomic E-state index is -1.15. The Kier molecular flexibility index (Phi) is 5.00. The van der Waals surface area contributed by atoms with E-state index >= 15 is 0 Å². The van der Waals surface area contributed by atoms with Gasteiger partial charge in [0.25, 0.3) is 0 Å². The van der Waals surface area contributed by atoms with Gasteiger partial charge in [-0.05, 0) is 30.7 Å². The average molecular weight is 445 g/mol. The third-order valence-electron chi connectivity index (χ3n) is 5.21. The molecule has 0 saturated heterocycles. The van der Waals surface area contributed by atoms with Crippen LogP contribution in [0, 0.1) is 11.8 Å². The standard InChI is InChI=1S/C17H20INO5/c18-13-11-6-7-17(14(13)20,12(8-11)15(21)22)19-16(23)24-9-10-4-2-1-3-5-10/h1-5,11-14,20H,6-9H2,(H,19,23)(H,21,22)/t11-,12+,13-,14+,17-/m1/s1. The van der Waals surface area contributed by atoms with E-state index in [0.717, 1.165) is 12.0 Å². The van der Waals surface area contributed by atoms with Crippen LogP contribution in [-0.2, 0) is 16.1 Å². The second kappa shape index (κ2) is 6.87. The number of alkyl carbamates (subject to hydrolysis) is 1. The van der Waals surface area contributed by atoms with Crippen LogP contribution in [0.3, 0.4) is 0 Å². The normalized spacial score (nSPS) is 34.6. The molecule has 7 heteroatoms. The first-order chi connectivity index (χ1) is 11.4. The SMILES string of the molecule is O=C(N[C@]12CC[C@H](C[C@H]1C(=O)O)[C@@H](I)[C@@H]2O)OCc1ccccc1. The van der Waals surface area contributed by atoms with Gasteiger partial charge in [0.2, 0.25) is 0 Å². The van der Waals surface area contributed by atoms with Crippen LogP contribution in [0.15, 0.2) is 30.3 Å². The number of aliphatic hydroxyl groups excluding tert-OH is 1. The molecule has 3 saturated carbocycles. The zero-order valence-corrected chi connectivity index (χ0v) is 15.2. The Morgan fingerprint density at radius 3 is 2.71 bits per heavy atom. The van der Waals surface area contributed by atoms with Crippen molar-refractivity contribution in [2.75, 3.05) is 0 Å². The molecule has 1 amide bonds. The fraction of sp³-hybridized carbons (Fsp3) is 0.529. The Balaban J connectivity index is 1.72. The molecular formula is C17H20INO5. The zero-order chi connectivity index (χ0) is 17.3. The summed E-state index contributed by atoms with van der Waals surface area (Å²) in [6, 6.07) is 9.25. The van der Waals surface area contributed by atoms with Crippen molar-refractivity contribution in [1.29, 1.82) is 0 Å². The third kappa shape index (κ3) is 3.11. The maximum atomic E-state index is 12.2. The molecule has 3 N–H and O–H groups in total. The fourth-order valence-electron chi connectivity index (χ4n) is 3.91. The average Bonchev–Trinajstić information content (AvgIpc) is 2.58. The highest BCUT2D eigenvalue weighted by Gasteiger charge is 2.60. The number of alkyl halides is 1. The number of carbonyl (C=O) groups excluding carboxylic acids is 1. The van der Waals surface area contributed by atoms with Gasteiger partial charge in [-0.25, -0.2) is 4.79 Å². The van der Waals surface area contributed by atoms with Gasteiger partial charge in [0, 0.05) is 3.92 Å². The number of hydrogen-bond acceptors (Lipinski definition) is 4. The number of ether oxygens (including phenoxy) is 1. The Labute approximate surface area is 153 Å². The summed E-state index contributed by atoms with van der Waals surface area (Å²) in [7, 11) is 0. The molecule has 0 aliphatic heterocycles. The summed E-state index contributed by atoms with van der Waals surface area (Å²) in [6.07, 6.45) is 0.145. The van der Waals surface area contributed by atoms with Crippen LogP contribution in [0.2, 0.25) is 0 Å². The molecule has 0 aromatic heterocycles. The number of rotatable bonds is 4. The smallest absolute Gasteiger partial charge is 0.408 e. The molecule has 130 valence electrons. The van der Waals surface area contributed by atoms with Crippen molar-refractivity contribution < 1.29 is 24.5 Å². The van der Waals surface area contributed by atoms with Crippen molar-refractivity contribution in [1.82, 2.24) is 5.32 Å². The number of hydrogen-bond donors (Lipinski definition) is 3. The van der Waals surface area contributed by atoms with Crippen molar-refractivity contribution >= 4 is 34.7 Å². The van der Waals surface area contributed by atoms with E-state index in [1.54, 1.807) is 0 Å². The molecule has 0 heterocycles. The number of carbonyl (C=O) groups is 2. The number of benzene rings is 1. The van der Waals surface area contributed by atoms with Crippen LogP contribution in [0.1, 0.15) is 24.8 Å². The predicted molar refractivity (Wildman–Crippen MR) is 94.8 cm³/mol. The van der Waals surface area contributed by atoms with E-state index in [2.05, 4.69) is 27.9 Å². The van der Waals surface area contributed by atoms with Gasteiger partial charge >= 0.3 is 12.1 Å². The maximum Gasteiger partial charge on any atom is 0.408 e. The summed E-state index contributed by atoms with van der Waals surface area (Å²) >= 11 is 2.16. The highest BCUT2D eigenvalue weighted by atomic mass is 127. The van der Waals surface area contributed by atoms with Crippen LogP contribution in [-0.4, -0.2) is 37.8 Å². The number of amides is 1. The van der Waals surface area contributed by atoms with Gasteiger partial charge in [-0.2, -0.15) is 0 Å². The zero-order valence-electron chi connectivity index (χ0n) is 13.0. The summed E-state index contributed by atoms with van der Waals surface area (Å²) in [5.74, 6) is -1.60. The molecule has 0 radical (unpaired) electrons. The van der Waals surface area contributed by atoms with Crippen molar-refractivity contribution in [3.8, 4) is 0 Å². The summed E-state index contributed by atoms with van der Waals surface area (Å²) in [5.41, 5.74) is -0.306. The first-order valence-corrected chi connectivity index (χ1v) is 9.22. The van der Waals surface area contributed by atoms with Gasteiger partial charge in [0.15, 0.2) is 0 Å². The third-order valence-corrected chi connectivity index (χ3v) is 6.91. The van der Waals surface area contributed by atoms with Crippen LogP contribution in [0.4, 0.5) is 4.79 Å². The largest absolute Gasteiger partial charge is 0.481 e. The van der Waals surface area contributed by atoms with Gasteiger partial charge in [-0.15, -0.1) is 0 Å². The Hall–Kier alpha value is -1.35. The van der Waals surface area contributed by atoms with E-state index in [4.69, 9.17) is 4.74 Å². The van der Waals surface area contributed by atoms with E-state index in [-0.39, 0.29) is 16.4 Å². The van der Waals surface area contributed by atoms with Gasteiger partial charge in [-0.3, -0.25) is 4.79 Å². The molecule has 0 spiro atoms. The topological polar surface area (TPSA) is 95.9 Å². The van der Waals surface area contributed by atoms with Gasteiger partial charge in [-0.1, -0.05) is 52.9 Å². The number of carboxylic acids is 1. The van der Waals surface area contributed by atoms with Crippen molar-refractivity contribution in [3.63, 3.8) is 0 Å². The lowest BCUT2D eigenvalue weighted by molar-refractivity contribution is -0.156. The maximum absolute atomic E-state index is 12.2. The first-order valence-electron chi connectivity index (χ1n) is 7.98. The molecule has 2 bridgehead atoms. The number of carboxylic acid groups (broad SMARTS) is 1. The Morgan fingerprint density at radius 1 is 1.33 bits per heavy atom. The minimum Gasteiger partial charge on any atom is -0.481 e. The van der Waals surface area contributed by atoms with Crippen LogP contribution in [0.5, 0.6) is 0 Å². The molecular weight excluding hydrogens is 425 g/mol. The first kappa shape index (κ1) is 17.5. The Morgan fingerprint density at radius 2 is 2.04 bits per heavy atom. The van der Waals surface area contributed by atoms with Crippen LogP contribution in [0.25, 0.3) is 0 Å². The van der Waals surface area contributed by atoms with Gasteiger partial charge in [0.1, 0.15) is 6.61 Å². The quantitative estimate of drug-likeness (QED) is 0.489. The van der Waals surface area contributed by atoms with Gasteiger partial charge < -0.3 is 20.3 Å². The molecule has 3 fully saturated rings. The Bertz CT molecular complexity index is 625. The number of halogens is 1. The molecule has 3 aliphatic carbocycles. The predicted octanol–water partition coefficient (Wildman–Crippen LogP) is 2.33. The van der Waals surface area contributed by atoms with Gasteiger partial charge in [0.05, 0.1) is 17.6 Å². The summed E-state index contributed by atoms with van der Waals surface area (Å²) in [5, 5.41) is 22.9. The summed E-state index contributed by atoms with van der Waals surface area (Å²) in [4.78, 5) is 23.9. The molecule has 1 aromatic carbocycles. The second-order valence-electron chi connectivity index (χ2n) is 6.54. The van der Waals surface area contributed by atoms with E-state index in [9.17, 15) is 19.8 Å². The second-order valence-corrected chi connectivity index (χ2v) is 7.98. The minimum absolute atomic E-state index is 0.0682. The van der Waals surface area contributed by atoms with Crippen LogP contribution >= 0.6 is 22.6 Å². The number of nitrogens with one attached hydrogen (secondary N) is 1. The highest BCUT2D eigenvalue weighted by Crippen LogP contribution is 2.50. The van der Waals surface area contributed by atoms with Crippen LogP contribution < -0.4 is 5.32 Å². The fourth-order valence-corrected chi connectivity index (χ4v) is 5.20. The van der Waals surface area contributed by atoms with E-state index in [0.29, 0.717) is 12.8 Å². The lowest BCUT2D eigenvalue weighted by Gasteiger charge is -2.55. The molecule has 1 aromatic rings. The number of fused-ring (bicyclic) bond motifs is 3. The molecule has 3 aliphatic rings. The molecule has 4 rings (SSSR count). The monoisotopic (exact) mass is 445 g/mol. The van der Waals surface area contributed by atoms with Crippen molar-refractivity contribution in [3.05, 3.63) is 35.9 Å². The lowest BCUT2D eigenvalue weighted by Crippen LogP contribution is -2.71.